The second-order valence-electron chi connectivity index (χ2n) is 6.62. The normalized spacial score (nSPS) is 12.5. The number of hydrogen-bond acceptors (Lipinski definition) is 6. The van der Waals surface area contributed by atoms with Crippen LogP contribution in [-0.2, 0) is 6.54 Å². The summed E-state index contributed by atoms with van der Waals surface area (Å²) in [4.78, 5) is 15.4. The average Bonchev–Trinajstić information content (AvgIpc) is 3.28. The predicted molar refractivity (Wildman–Crippen MR) is 119 cm³/mol. The van der Waals surface area contributed by atoms with Crippen molar-refractivity contribution in [3.05, 3.63) is 62.5 Å². The van der Waals surface area contributed by atoms with Gasteiger partial charge in [0.2, 0.25) is 0 Å². The van der Waals surface area contributed by atoms with Crippen LogP contribution in [0.25, 0.3) is 0 Å². The van der Waals surface area contributed by atoms with Gasteiger partial charge in [-0.15, -0.1) is 21.5 Å². The van der Waals surface area contributed by atoms with E-state index in [1.54, 1.807) is 0 Å². The van der Waals surface area contributed by atoms with E-state index in [1.807, 2.05) is 30.3 Å². The summed E-state index contributed by atoms with van der Waals surface area (Å²) in [6.45, 7) is 2.84. The zero-order valence-corrected chi connectivity index (χ0v) is 19.4. The van der Waals surface area contributed by atoms with Crippen molar-refractivity contribution < 1.29 is 4.79 Å². The molecule has 8 heteroatoms. The Morgan fingerprint density at radius 3 is 2.57 bits per heavy atom. The summed E-state index contributed by atoms with van der Waals surface area (Å²) in [5, 5.41) is 9.70. The first-order valence-corrected chi connectivity index (χ1v) is 11.6. The molecule has 0 radical (unpaired) electrons. The standard InChI is InChI=1S/C20H23BrN4OS2/c1-4-15(24(2)3)19-22-23-20(25(19)12-14-8-6-5-7-9-14)27-13-16(26)17-10-11-18(21)28-17/h5-11,15H,4,12-13H2,1-3H3. The van der Waals surface area contributed by atoms with Crippen LogP contribution in [0.3, 0.4) is 0 Å². The van der Waals surface area contributed by atoms with Gasteiger partial charge in [0, 0.05) is 0 Å². The van der Waals surface area contributed by atoms with Gasteiger partial charge in [0.25, 0.3) is 0 Å². The number of rotatable bonds is 9. The van der Waals surface area contributed by atoms with Crippen molar-refractivity contribution >= 4 is 44.8 Å². The van der Waals surface area contributed by atoms with Gasteiger partial charge in [-0.1, -0.05) is 49.0 Å². The van der Waals surface area contributed by atoms with Gasteiger partial charge in [-0.3, -0.25) is 9.69 Å². The van der Waals surface area contributed by atoms with Crippen molar-refractivity contribution in [2.24, 2.45) is 0 Å². The van der Waals surface area contributed by atoms with Crippen LogP contribution in [0.4, 0.5) is 0 Å². The molecular formula is C20H23BrN4OS2. The maximum atomic E-state index is 12.5. The lowest BCUT2D eigenvalue weighted by molar-refractivity contribution is 0.102. The van der Waals surface area contributed by atoms with Crippen LogP contribution in [0.2, 0.25) is 0 Å². The summed E-state index contributed by atoms with van der Waals surface area (Å²) in [6, 6.07) is 14.2. The van der Waals surface area contributed by atoms with Crippen LogP contribution in [0, 0.1) is 0 Å². The molecule has 0 fully saturated rings. The molecule has 0 aliphatic carbocycles. The maximum Gasteiger partial charge on any atom is 0.192 e. The van der Waals surface area contributed by atoms with E-state index in [-0.39, 0.29) is 11.8 Å². The number of ketones is 1. The van der Waals surface area contributed by atoms with E-state index in [9.17, 15) is 4.79 Å². The predicted octanol–water partition coefficient (Wildman–Crippen LogP) is 5.14. The molecule has 0 saturated carbocycles. The second kappa shape index (κ2) is 9.82. The first kappa shape index (κ1) is 21.2. The Bertz CT molecular complexity index is 923. The molecule has 0 aliphatic heterocycles. The van der Waals surface area contributed by atoms with Crippen molar-refractivity contribution in [1.82, 2.24) is 19.7 Å². The van der Waals surface area contributed by atoms with Gasteiger partial charge < -0.3 is 4.57 Å². The number of hydrogen-bond donors (Lipinski definition) is 0. The van der Waals surface area contributed by atoms with Crippen LogP contribution < -0.4 is 0 Å². The number of thioether (sulfide) groups is 1. The monoisotopic (exact) mass is 478 g/mol. The molecule has 28 heavy (non-hydrogen) atoms. The fourth-order valence-corrected chi connectivity index (χ4v) is 5.26. The molecule has 1 unspecified atom stereocenters. The summed E-state index contributed by atoms with van der Waals surface area (Å²) in [5.41, 5.74) is 1.19. The number of aromatic nitrogens is 3. The lowest BCUT2D eigenvalue weighted by Gasteiger charge is -2.23. The second-order valence-corrected chi connectivity index (χ2v) is 10.0. The number of benzene rings is 1. The molecular weight excluding hydrogens is 456 g/mol. The lowest BCUT2D eigenvalue weighted by Crippen LogP contribution is -2.23. The van der Waals surface area contributed by atoms with Crippen LogP contribution in [-0.4, -0.2) is 45.3 Å². The Balaban J connectivity index is 1.85. The molecule has 0 amide bonds. The molecule has 1 aromatic carbocycles. The van der Waals surface area contributed by atoms with E-state index in [1.165, 1.54) is 28.7 Å². The minimum Gasteiger partial charge on any atom is -0.300 e. The molecule has 0 saturated heterocycles. The number of thiophene rings is 1. The Morgan fingerprint density at radius 2 is 1.96 bits per heavy atom. The minimum atomic E-state index is 0.108. The van der Waals surface area contributed by atoms with Gasteiger partial charge in [0.15, 0.2) is 16.8 Å². The molecule has 2 aromatic heterocycles. The molecule has 0 bridgehead atoms. The maximum absolute atomic E-state index is 12.5. The zero-order chi connectivity index (χ0) is 20.1. The number of Topliss-reactive ketones (excluding diaryl/α,β-unsaturated/α-hetero) is 1. The summed E-state index contributed by atoms with van der Waals surface area (Å²) in [6.07, 6.45) is 0.937. The third-order valence-corrected chi connectivity index (χ3v) is 7.05. The van der Waals surface area contributed by atoms with Crippen molar-refractivity contribution in [2.75, 3.05) is 19.8 Å². The molecule has 5 nitrogen and oxygen atoms in total. The molecule has 0 spiro atoms. The van der Waals surface area contributed by atoms with Gasteiger partial charge in [-0.2, -0.15) is 0 Å². The smallest absolute Gasteiger partial charge is 0.192 e. The molecule has 2 heterocycles. The first-order valence-electron chi connectivity index (χ1n) is 9.04. The van der Waals surface area contributed by atoms with Gasteiger partial charge in [0.05, 0.1) is 27.0 Å². The fourth-order valence-electron chi connectivity index (χ4n) is 3.01. The highest BCUT2D eigenvalue weighted by Gasteiger charge is 2.23. The van der Waals surface area contributed by atoms with Crippen LogP contribution in [0.15, 0.2) is 51.4 Å². The minimum absolute atomic E-state index is 0.108. The van der Waals surface area contributed by atoms with Crippen molar-refractivity contribution in [3.63, 3.8) is 0 Å². The van der Waals surface area contributed by atoms with Crippen molar-refractivity contribution in [2.45, 2.75) is 31.1 Å². The van der Waals surface area contributed by atoms with E-state index in [0.717, 1.165) is 26.1 Å². The summed E-state index contributed by atoms with van der Waals surface area (Å²) < 4.78 is 3.11. The molecule has 148 valence electrons. The Labute approximate surface area is 182 Å². The Morgan fingerprint density at radius 1 is 1.21 bits per heavy atom. The van der Waals surface area contributed by atoms with Crippen LogP contribution >= 0.6 is 39.0 Å². The van der Waals surface area contributed by atoms with Gasteiger partial charge in [-0.05, 0) is 54.1 Å². The van der Waals surface area contributed by atoms with E-state index in [2.05, 4.69) is 68.7 Å². The molecule has 1 atom stereocenters. The molecule has 3 rings (SSSR count). The summed E-state index contributed by atoms with van der Waals surface area (Å²) in [5.74, 6) is 1.39. The molecule has 0 aliphatic rings. The van der Waals surface area contributed by atoms with Crippen molar-refractivity contribution in [1.29, 1.82) is 0 Å². The Hall–Kier alpha value is -1.48. The number of carbonyl (C=O) groups is 1. The van der Waals surface area contributed by atoms with E-state index in [0.29, 0.717) is 12.3 Å². The highest BCUT2D eigenvalue weighted by Crippen LogP contribution is 2.28. The third-order valence-electron chi connectivity index (χ3n) is 4.42. The van der Waals surface area contributed by atoms with Crippen LogP contribution in [0.5, 0.6) is 0 Å². The van der Waals surface area contributed by atoms with Crippen LogP contribution in [0.1, 0.15) is 40.4 Å². The van der Waals surface area contributed by atoms with Gasteiger partial charge >= 0.3 is 0 Å². The largest absolute Gasteiger partial charge is 0.300 e. The van der Waals surface area contributed by atoms with E-state index < -0.39 is 0 Å². The number of carbonyl (C=O) groups excluding carboxylic acids is 1. The number of halogens is 1. The lowest BCUT2D eigenvalue weighted by atomic mass is 10.2. The summed E-state index contributed by atoms with van der Waals surface area (Å²) >= 11 is 6.33. The average molecular weight is 479 g/mol. The summed E-state index contributed by atoms with van der Waals surface area (Å²) in [7, 11) is 4.11. The van der Waals surface area contributed by atoms with Gasteiger partial charge in [-0.25, -0.2) is 0 Å². The van der Waals surface area contributed by atoms with E-state index in [4.69, 9.17) is 0 Å². The van der Waals surface area contributed by atoms with Gasteiger partial charge in [0.1, 0.15) is 0 Å². The Kier molecular flexibility index (Phi) is 7.45. The SMILES string of the molecule is CCC(c1nnc(SCC(=O)c2ccc(Br)s2)n1Cc1ccccc1)N(C)C. The highest BCUT2D eigenvalue weighted by molar-refractivity contribution is 9.11. The quantitative estimate of drug-likeness (QED) is 0.314. The molecule has 3 aromatic rings. The zero-order valence-electron chi connectivity index (χ0n) is 16.1. The highest BCUT2D eigenvalue weighted by atomic mass is 79.9. The van der Waals surface area contributed by atoms with Crippen molar-refractivity contribution in [3.8, 4) is 0 Å². The molecule has 0 N–H and O–H groups in total. The third kappa shape index (κ3) is 5.11. The first-order chi connectivity index (χ1) is 13.5. The topological polar surface area (TPSA) is 51.0 Å². The van der Waals surface area contributed by atoms with E-state index >= 15 is 0 Å². The number of nitrogens with zero attached hydrogens (tertiary/aromatic N) is 4. The fraction of sp³-hybridized carbons (Fsp3) is 0.350.